The second-order valence-corrected chi connectivity index (χ2v) is 9.32. The van der Waals surface area contributed by atoms with Crippen LogP contribution in [0, 0.1) is 0 Å². The molecule has 32 heavy (non-hydrogen) atoms. The molecule has 0 radical (unpaired) electrons. The fourth-order valence-corrected chi connectivity index (χ4v) is 4.85. The first-order chi connectivity index (χ1) is 15.7. The standard InChI is InChI=1S/C22H21ClN6O2S/c23-20-2-1-19(32-20)18-13-16(27-31-18)14-29-12-9-25-21(29)22(30)26-15-5-10-28(11-6-15)17-3-7-24-8-4-17/h1-4,7-9,12-13,15H,5-6,10-11,14H2,(H,26,30). The Bertz CT molecular complexity index is 1200. The lowest BCUT2D eigenvalue weighted by atomic mass is 10.0. The van der Waals surface area contributed by atoms with Gasteiger partial charge in [0.15, 0.2) is 11.6 Å². The van der Waals surface area contributed by atoms with Crippen molar-refractivity contribution in [3.05, 3.63) is 71.0 Å². The number of piperidine rings is 1. The zero-order valence-corrected chi connectivity index (χ0v) is 18.7. The Labute approximate surface area is 193 Å². The summed E-state index contributed by atoms with van der Waals surface area (Å²) in [5, 5.41) is 7.26. The van der Waals surface area contributed by atoms with Gasteiger partial charge in [0.1, 0.15) is 5.69 Å². The van der Waals surface area contributed by atoms with E-state index in [1.165, 1.54) is 11.3 Å². The van der Waals surface area contributed by atoms with E-state index in [0.29, 0.717) is 28.2 Å². The Balaban J connectivity index is 1.19. The van der Waals surface area contributed by atoms with Crippen molar-refractivity contribution in [3.63, 3.8) is 0 Å². The van der Waals surface area contributed by atoms with E-state index in [2.05, 4.69) is 25.3 Å². The van der Waals surface area contributed by atoms with E-state index in [1.807, 2.05) is 30.3 Å². The molecule has 0 aliphatic carbocycles. The zero-order valence-electron chi connectivity index (χ0n) is 17.1. The van der Waals surface area contributed by atoms with E-state index in [4.69, 9.17) is 16.1 Å². The monoisotopic (exact) mass is 468 g/mol. The summed E-state index contributed by atoms with van der Waals surface area (Å²) in [5.41, 5.74) is 1.87. The first-order valence-corrected chi connectivity index (χ1v) is 11.5. The molecule has 10 heteroatoms. The van der Waals surface area contributed by atoms with Crippen LogP contribution < -0.4 is 10.2 Å². The number of hydrogen-bond acceptors (Lipinski definition) is 7. The maximum Gasteiger partial charge on any atom is 0.287 e. The number of imidazole rings is 1. The van der Waals surface area contributed by atoms with Gasteiger partial charge in [-0.25, -0.2) is 4.98 Å². The van der Waals surface area contributed by atoms with Gasteiger partial charge in [-0.1, -0.05) is 16.8 Å². The molecule has 0 aromatic carbocycles. The minimum atomic E-state index is -0.175. The molecule has 1 N–H and O–H groups in total. The van der Waals surface area contributed by atoms with Gasteiger partial charge in [0, 0.05) is 55.7 Å². The molecule has 0 unspecified atom stereocenters. The SMILES string of the molecule is O=C(NC1CCN(c2ccncc2)CC1)c1nccn1Cc1cc(-c2ccc(Cl)s2)on1. The second-order valence-electron chi connectivity index (χ2n) is 7.61. The third kappa shape index (κ3) is 4.53. The number of rotatable bonds is 6. The molecule has 0 atom stereocenters. The quantitative estimate of drug-likeness (QED) is 0.458. The topological polar surface area (TPSA) is 89.1 Å². The van der Waals surface area contributed by atoms with Crippen molar-refractivity contribution in [2.75, 3.05) is 18.0 Å². The maximum absolute atomic E-state index is 12.9. The molecule has 1 aliphatic rings. The Hall–Kier alpha value is -3.17. The largest absolute Gasteiger partial charge is 0.371 e. The zero-order chi connectivity index (χ0) is 21.9. The Kier molecular flexibility index (Phi) is 5.91. The summed E-state index contributed by atoms with van der Waals surface area (Å²) >= 11 is 7.43. The number of nitrogens with one attached hydrogen (secondary N) is 1. The summed E-state index contributed by atoms with van der Waals surface area (Å²) < 4.78 is 7.92. The van der Waals surface area contributed by atoms with Crippen LogP contribution in [0.2, 0.25) is 4.34 Å². The number of nitrogens with zero attached hydrogens (tertiary/aromatic N) is 5. The third-order valence-electron chi connectivity index (χ3n) is 5.48. The van der Waals surface area contributed by atoms with Crippen LogP contribution in [0.4, 0.5) is 5.69 Å². The molecule has 5 rings (SSSR count). The number of halogens is 1. The molecule has 1 amide bonds. The van der Waals surface area contributed by atoms with Crippen molar-refractivity contribution >= 4 is 34.5 Å². The number of pyridine rings is 1. The van der Waals surface area contributed by atoms with Gasteiger partial charge in [-0.15, -0.1) is 11.3 Å². The smallest absolute Gasteiger partial charge is 0.287 e. The van der Waals surface area contributed by atoms with Crippen molar-refractivity contribution in [1.29, 1.82) is 0 Å². The number of amides is 1. The molecule has 1 fully saturated rings. The lowest BCUT2D eigenvalue weighted by Gasteiger charge is -2.33. The van der Waals surface area contributed by atoms with E-state index in [9.17, 15) is 4.79 Å². The van der Waals surface area contributed by atoms with E-state index < -0.39 is 0 Å². The lowest BCUT2D eigenvalue weighted by Crippen LogP contribution is -2.45. The molecule has 0 spiro atoms. The fraction of sp³-hybridized carbons (Fsp3) is 0.273. The van der Waals surface area contributed by atoms with Crippen molar-refractivity contribution in [1.82, 2.24) is 25.0 Å². The highest BCUT2D eigenvalue weighted by atomic mass is 35.5. The molecule has 0 bridgehead atoms. The highest BCUT2D eigenvalue weighted by Gasteiger charge is 2.23. The predicted molar refractivity (Wildman–Crippen MR) is 123 cm³/mol. The number of hydrogen-bond donors (Lipinski definition) is 1. The summed E-state index contributed by atoms with van der Waals surface area (Å²) in [4.78, 5) is 24.5. The number of carbonyl (C=O) groups is 1. The van der Waals surface area contributed by atoms with Crippen LogP contribution in [0.15, 0.2) is 59.6 Å². The number of carbonyl (C=O) groups excluding carboxylic acids is 1. The van der Waals surface area contributed by atoms with Gasteiger partial charge in [-0.05, 0) is 37.1 Å². The highest BCUT2D eigenvalue weighted by molar-refractivity contribution is 7.19. The molecule has 8 nitrogen and oxygen atoms in total. The lowest BCUT2D eigenvalue weighted by molar-refractivity contribution is 0.0916. The summed E-state index contributed by atoms with van der Waals surface area (Å²) in [6, 6.07) is 9.72. The van der Waals surface area contributed by atoms with Gasteiger partial charge >= 0.3 is 0 Å². The fourth-order valence-electron chi connectivity index (χ4n) is 3.86. The van der Waals surface area contributed by atoms with Gasteiger partial charge in [0.2, 0.25) is 0 Å². The van der Waals surface area contributed by atoms with Crippen LogP contribution in [0.25, 0.3) is 10.6 Å². The van der Waals surface area contributed by atoms with Crippen LogP contribution in [0.1, 0.15) is 29.2 Å². The van der Waals surface area contributed by atoms with E-state index in [1.54, 1.807) is 29.4 Å². The Morgan fingerprint density at radius 1 is 1.19 bits per heavy atom. The first-order valence-electron chi connectivity index (χ1n) is 10.3. The van der Waals surface area contributed by atoms with Crippen molar-refractivity contribution in [3.8, 4) is 10.6 Å². The first kappa shape index (κ1) is 20.7. The average Bonchev–Trinajstić information content (AvgIpc) is 3.56. The Morgan fingerprint density at radius 3 is 2.75 bits per heavy atom. The summed E-state index contributed by atoms with van der Waals surface area (Å²) in [5.74, 6) is 0.848. The Morgan fingerprint density at radius 2 is 2.00 bits per heavy atom. The minimum absolute atomic E-state index is 0.118. The van der Waals surface area contributed by atoms with Crippen LogP contribution in [0.3, 0.4) is 0 Å². The van der Waals surface area contributed by atoms with E-state index >= 15 is 0 Å². The van der Waals surface area contributed by atoms with Gasteiger partial charge in [-0.2, -0.15) is 0 Å². The maximum atomic E-state index is 12.9. The molecule has 5 heterocycles. The van der Waals surface area contributed by atoms with Gasteiger partial charge < -0.3 is 19.3 Å². The highest BCUT2D eigenvalue weighted by Crippen LogP contribution is 2.31. The normalized spacial score (nSPS) is 14.6. The summed E-state index contributed by atoms with van der Waals surface area (Å²) in [7, 11) is 0. The van der Waals surface area contributed by atoms with Crippen molar-refractivity contribution < 1.29 is 9.32 Å². The molecule has 1 aliphatic heterocycles. The van der Waals surface area contributed by atoms with Gasteiger partial charge in [0.05, 0.1) is 15.8 Å². The molecule has 164 valence electrons. The van der Waals surface area contributed by atoms with Crippen molar-refractivity contribution in [2.24, 2.45) is 0 Å². The van der Waals surface area contributed by atoms with E-state index in [-0.39, 0.29) is 11.9 Å². The van der Waals surface area contributed by atoms with Gasteiger partial charge in [-0.3, -0.25) is 9.78 Å². The third-order valence-corrected chi connectivity index (χ3v) is 6.73. The van der Waals surface area contributed by atoms with Crippen LogP contribution in [-0.2, 0) is 6.54 Å². The second kappa shape index (κ2) is 9.13. The van der Waals surface area contributed by atoms with Crippen LogP contribution >= 0.6 is 22.9 Å². The van der Waals surface area contributed by atoms with Crippen LogP contribution in [0.5, 0.6) is 0 Å². The van der Waals surface area contributed by atoms with E-state index in [0.717, 1.165) is 36.5 Å². The molecular weight excluding hydrogens is 448 g/mol. The molecule has 4 aromatic heterocycles. The number of aromatic nitrogens is 4. The number of anilines is 1. The van der Waals surface area contributed by atoms with Gasteiger partial charge in [0.25, 0.3) is 5.91 Å². The average molecular weight is 469 g/mol. The molecular formula is C22H21ClN6O2S. The summed E-state index contributed by atoms with van der Waals surface area (Å²) in [6.07, 6.45) is 8.76. The predicted octanol–water partition coefficient (Wildman–Crippen LogP) is 4.10. The van der Waals surface area contributed by atoms with Crippen molar-refractivity contribution in [2.45, 2.75) is 25.4 Å². The molecule has 0 saturated carbocycles. The minimum Gasteiger partial charge on any atom is -0.371 e. The molecule has 1 saturated heterocycles. The molecule has 4 aromatic rings. The van der Waals surface area contributed by atoms with Crippen LogP contribution in [-0.4, -0.2) is 44.7 Å². The number of thiophene rings is 1. The summed E-state index contributed by atoms with van der Waals surface area (Å²) in [6.45, 7) is 2.17.